The third-order valence-electron chi connectivity index (χ3n) is 8.27. The Balaban J connectivity index is 1.59. The van der Waals surface area contributed by atoms with Gasteiger partial charge in [-0.2, -0.15) is 0 Å². The molecule has 1 saturated heterocycles. The number of benzene rings is 1. The summed E-state index contributed by atoms with van der Waals surface area (Å²) in [4.78, 5) is 19.6. The molecule has 3 aromatic rings. The summed E-state index contributed by atoms with van der Waals surface area (Å²) >= 11 is 5.99. The van der Waals surface area contributed by atoms with Gasteiger partial charge in [0.25, 0.3) is 0 Å². The molecule has 212 valence electrons. The van der Waals surface area contributed by atoms with Crippen LogP contribution in [0.4, 0.5) is 11.4 Å². The minimum absolute atomic E-state index is 0.0693. The van der Waals surface area contributed by atoms with Crippen molar-refractivity contribution in [3.8, 4) is 5.75 Å². The Bertz CT molecular complexity index is 1390. The number of thiocarbonyl (C=S) groups is 1. The smallest absolute Gasteiger partial charge is 0.229 e. The van der Waals surface area contributed by atoms with Crippen molar-refractivity contribution in [1.82, 2.24) is 14.9 Å². The molecular formula is C32H41N5O2S. The Labute approximate surface area is 243 Å². The molecule has 1 aliphatic carbocycles. The van der Waals surface area contributed by atoms with Gasteiger partial charge in [-0.05, 0) is 74.8 Å². The Morgan fingerprint density at radius 1 is 1.10 bits per heavy atom. The second-order valence-corrected chi connectivity index (χ2v) is 12.5. The van der Waals surface area contributed by atoms with E-state index in [-0.39, 0.29) is 18.0 Å². The highest BCUT2D eigenvalue weighted by Crippen LogP contribution is 2.46. The lowest BCUT2D eigenvalue weighted by molar-refractivity contribution is -0.123. The number of carbonyl (C=O) groups is 1. The van der Waals surface area contributed by atoms with Crippen molar-refractivity contribution in [2.75, 3.05) is 17.3 Å². The predicted molar refractivity (Wildman–Crippen MR) is 165 cm³/mol. The molecule has 7 nitrogen and oxygen atoms in total. The maximum atomic E-state index is 12.7. The Morgan fingerprint density at radius 2 is 1.85 bits per heavy atom. The number of hydrogen-bond acceptors (Lipinski definition) is 4. The Morgan fingerprint density at radius 3 is 2.50 bits per heavy atom. The number of nitrogens with one attached hydrogen (secondary N) is 2. The van der Waals surface area contributed by atoms with E-state index in [4.69, 9.17) is 21.9 Å². The van der Waals surface area contributed by atoms with Crippen molar-refractivity contribution in [2.45, 2.75) is 84.8 Å². The molecule has 1 aliphatic heterocycles. The molecule has 2 aliphatic rings. The average molecular weight is 560 g/mol. The van der Waals surface area contributed by atoms with Crippen molar-refractivity contribution in [3.05, 3.63) is 71.3 Å². The van der Waals surface area contributed by atoms with E-state index in [1.165, 1.54) is 49.1 Å². The van der Waals surface area contributed by atoms with E-state index >= 15 is 0 Å². The normalized spacial score (nSPS) is 19.9. The zero-order valence-electron chi connectivity index (χ0n) is 24.5. The molecule has 0 spiro atoms. The second kappa shape index (κ2) is 11.2. The number of aromatic nitrogens is 2. The molecule has 2 atom stereocenters. The van der Waals surface area contributed by atoms with E-state index in [0.717, 1.165) is 11.4 Å². The first-order valence-corrected chi connectivity index (χ1v) is 14.7. The number of ether oxygens (including phenoxy) is 1. The number of pyridine rings is 1. The molecule has 5 rings (SSSR count). The van der Waals surface area contributed by atoms with E-state index in [0.29, 0.717) is 22.6 Å². The van der Waals surface area contributed by atoms with Gasteiger partial charge >= 0.3 is 0 Å². The molecule has 1 aromatic carbocycles. The number of anilines is 2. The van der Waals surface area contributed by atoms with Crippen LogP contribution in [-0.2, 0) is 4.79 Å². The number of nitrogens with zero attached hydrogens (tertiary/aromatic N) is 3. The van der Waals surface area contributed by atoms with Crippen LogP contribution in [0.15, 0.2) is 48.7 Å². The van der Waals surface area contributed by atoms with Crippen molar-refractivity contribution >= 4 is 34.6 Å². The molecule has 40 heavy (non-hydrogen) atoms. The summed E-state index contributed by atoms with van der Waals surface area (Å²) in [7, 11) is 1.62. The monoisotopic (exact) mass is 559 g/mol. The lowest BCUT2D eigenvalue weighted by atomic mass is 9.94. The maximum absolute atomic E-state index is 12.7. The topological polar surface area (TPSA) is 71.4 Å². The maximum Gasteiger partial charge on any atom is 0.229 e. The highest BCUT2D eigenvalue weighted by molar-refractivity contribution is 7.80. The third kappa shape index (κ3) is 5.33. The quantitative estimate of drug-likeness (QED) is 0.312. The Hall–Kier alpha value is -3.39. The molecule has 0 bridgehead atoms. The number of aryl methyl sites for hydroxylation is 1. The minimum Gasteiger partial charge on any atom is -0.494 e. The van der Waals surface area contributed by atoms with Gasteiger partial charge in [0.1, 0.15) is 5.75 Å². The van der Waals surface area contributed by atoms with E-state index < -0.39 is 5.41 Å². The first-order valence-electron chi connectivity index (χ1n) is 14.3. The molecule has 1 amide bonds. The zero-order valence-corrected chi connectivity index (χ0v) is 25.3. The second-order valence-electron chi connectivity index (χ2n) is 12.1. The van der Waals surface area contributed by atoms with Gasteiger partial charge in [0, 0.05) is 40.8 Å². The van der Waals surface area contributed by atoms with Crippen molar-refractivity contribution in [3.63, 3.8) is 0 Å². The molecule has 3 heterocycles. The summed E-state index contributed by atoms with van der Waals surface area (Å²) in [5, 5.41) is 7.24. The van der Waals surface area contributed by atoms with Crippen LogP contribution in [0.1, 0.15) is 93.6 Å². The first-order chi connectivity index (χ1) is 19.1. The van der Waals surface area contributed by atoms with Crippen molar-refractivity contribution in [2.24, 2.45) is 5.41 Å². The van der Waals surface area contributed by atoms with Crippen LogP contribution in [0, 0.1) is 19.3 Å². The van der Waals surface area contributed by atoms with Crippen LogP contribution in [0.2, 0.25) is 0 Å². The molecule has 8 heteroatoms. The lowest BCUT2D eigenvalue weighted by Gasteiger charge is -2.30. The van der Waals surface area contributed by atoms with Crippen molar-refractivity contribution in [1.29, 1.82) is 0 Å². The van der Waals surface area contributed by atoms with E-state index in [9.17, 15) is 4.79 Å². The highest BCUT2D eigenvalue weighted by atomic mass is 32.1. The van der Waals surface area contributed by atoms with Crippen LogP contribution >= 0.6 is 12.2 Å². The van der Waals surface area contributed by atoms with E-state index in [2.05, 4.69) is 46.1 Å². The van der Waals surface area contributed by atoms with E-state index in [1.807, 2.05) is 57.3 Å². The summed E-state index contributed by atoms with van der Waals surface area (Å²) in [5.41, 5.74) is 5.77. The first kappa shape index (κ1) is 28.1. The lowest BCUT2D eigenvalue weighted by Crippen LogP contribution is -2.30. The number of amides is 1. The SMILES string of the molecule is COc1cc(N2C(=S)N[C@@H](c3ccccn3)[C@@H]2c2cc(C)n(C3CCCCC3)c2C)ccc1NC(=O)C(C)(C)C. The zero-order chi connectivity index (χ0) is 28.6. The van der Waals surface area contributed by atoms with Gasteiger partial charge in [-0.25, -0.2) is 0 Å². The van der Waals surface area contributed by atoms with Gasteiger partial charge in [0.2, 0.25) is 5.91 Å². The van der Waals surface area contributed by atoms with Crippen molar-refractivity contribution < 1.29 is 9.53 Å². The summed E-state index contributed by atoms with van der Waals surface area (Å²) in [6, 6.07) is 14.5. The molecule has 0 unspecified atom stereocenters. The summed E-state index contributed by atoms with van der Waals surface area (Å²) in [5.74, 6) is 0.519. The van der Waals surface area contributed by atoms with Crippen LogP contribution in [0.25, 0.3) is 0 Å². The molecule has 2 N–H and O–H groups in total. The van der Waals surface area contributed by atoms with Gasteiger partial charge in [-0.1, -0.05) is 46.1 Å². The average Bonchev–Trinajstić information content (AvgIpc) is 3.44. The number of carbonyl (C=O) groups excluding carboxylic acids is 1. The summed E-state index contributed by atoms with van der Waals surface area (Å²) in [6.07, 6.45) is 8.18. The van der Waals surface area contributed by atoms with Crippen LogP contribution in [0.3, 0.4) is 0 Å². The largest absolute Gasteiger partial charge is 0.494 e. The molecule has 1 saturated carbocycles. The summed E-state index contributed by atoms with van der Waals surface area (Å²) < 4.78 is 8.30. The van der Waals surface area contributed by atoms with Gasteiger partial charge in [-0.3, -0.25) is 9.78 Å². The third-order valence-corrected chi connectivity index (χ3v) is 8.59. The van der Waals surface area contributed by atoms with Gasteiger partial charge < -0.3 is 24.8 Å². The fraction of sp³-hybridized carbons (Fsp3) is 0.469. The number of rotatable bonds is 6. The van der Waals surface area contributed by atoms with Gasteiger partial charge in [-0.15, -0.1) is 0 Å². The van der Waals surface area contributed by atoms with E-state index in [1.54, 1.807) is 7.11 Å². The molecule has 0 radical (unpaired) electrons. The van der Waals surface area contributed by atoms with Gasteiger partial charge in [0.05, 0.1) is 30.6 Å². The summed E-state index contributed by atoms with van der Waals surface area (Å²) in [6.45, 7) is 10.1. The standard InChI is InChI=1S/C32H41N5O2S/c1-20-18-24(21(2)36(20)22-12-8-7-9-13-22)29-28(26-14-10-11-17-33-26)35-31(40)37(29)23-15-16-25(27(19-23)39-6)34-30(38)32(3,4)5/h10-11,14-19,22,28-29H,7-9,12-13H2,1-6H3,(H,34,38)(H,35,40)/t28-,29-/m0/s1. The number of methoxy groups -OCH3 is 1. The van der Waals surface area contributed by atoms with Gasteiger partial charge in [0.15, 0.2) is 5.11 Å². The molecular weight excluding hydrogens is 518 g/mol. The minimum atomic E-state index is -0.522. The Kier molecular flexibility index (Phi) is 7.91. The highest BCUT2D eigenvalue weighted by Gasteiger charge is 2.43. The van der Waals surface area contributed by atoms with Crippen LogP contribution in [0.5, 0.6) is 5.75 Å². The predicted octanol–water partition coefficient (Wildman–Crippen LogP) is 7.18. The van der Waals surface area contributed by atoms with Crippen LogP contribution < -0.4 is 20.3 Å². The van der Waals surface area contributed by atoms with Crippen LogP contribution in [-0.4, -0.2) is 27.7 Å². The molecule has 2 aromatic heterocycles. The fourth-order valence-corrected chi connectivity index (χ4v) is 6.54. The number of hydrogen-bond donors (Lipinski definition) is 2. The fourth-order valence-electron chi connectivity index (χ4n) is 6.19. The molecule has 2 fully saturated rings.